The van der Waals surface area contributed by atoms with Crippen LogP contribution in [0, 0.1) is 17.6 Å². The van der Waals surface area contributed by atoms with Crippen LogP contribution < -0.4 is 10.6 Å². The first kappa shape index (κ1) is 29.2. The summed E-state index contributed by atoms with van der Waals surface area (Å²) in [6, 6.07) is 8.63. The first-order chi connectivity index (χ1) is 22.5. The van der Waals surface area contributed by atoms with Gasteiger partial charge in [0.05, 0.1) is 23.4 Å². The number of nitrogens with zero attached hydrogens (tertiary/aromatic N) is 4. The van der Waals surface area contributed by atoms with Crippen LogP contribution in [0.1, 0.15) is 68.9 Å². The van der Waals surface area contributed by atoms with Gasteiger partial charge in [0.25, 0.3) is 18.3 Å². The molecule has 0 saturated heterocycles. The number of carbonyl (C=O) groups excluding carboxylic acids is 2. The first-order valence-electron chi connectivity index (χ1n) is 14.7. The second-order valence-electron chi connectivity index (χ2n) is 12.1. The number of halogens is 6. The molecule has 3 aromatic heterocycles. The number of benzene rings is 2. The average Bonchev–Trinajstić information content (AvgIpc) is 3.25. The van der Waals surface area contributed by atoms with E-state index in [0.717, 1.165) is 17.7 Å². The van der Waals surface area contributed by atoms with Crippen molar-refractivity contribution < 1.29 is 35.9 Å². The monoisotopic (exact) mass is 651 g/mol. The smallest absolute Gasteiger partial charge is 0.293 e. The summed E-state index contributed by atoms with van der Waals surface area (Å²) in [6.07, 6.45) is -1.80. The first-order valence-corrected chi connectivity index (χ1v) is 14.7. The van der Waals surface area contributed by atoms with Gasteiger partial charge >= 0.3 is 0 Å². The molecule has 0 radical (unpaired) electrons. The molecule has 1 fully saturated rings. The molecule has 3 aliphatic rings. The predicted octanol–water partition coefficient (Wildman–Crippen LogP) is 5.59. The zero-order valence-electron chi connectivity index (χ0n) is 24.1. The summed E-state index contributed by atoms with van der Waals surface area (Å²) < 4.78 is 87.2. The Morgan fingerprint density at radius 3 is 2.62 bits per heavy atom. The maximum Gasteiger partial charge on any atom is 0.293 e. The number of alkyl halides is 4. The highest BCUT2D eigenvalue weighted by Crippen LogP contribution is 2.68. The van der Waals surface area contributed by atoms with Crippen LogP contribution in [0.15, 0.2) is 48.7 Å². The lowest BCUT2D eigenvalue weighted by Crippen LogP contribution is -2.35. The number of rotatable bonds is 8. The Balaban J connectivity index is 1.21. The zero-order valence-corrected chi connectivity index (χ0v) is 24.1. The lowest BCUT2D eigenvalue weighted by atomic mass is 9.93. The van der Waals surface area contributed by atoms with E-state index < -0.39 is 65.7 Å². The molecule has 1 aliphatic heterocycles. The average molecular weight is 652 g/mol. The molecule has 240 valence electrons. The molecule has 0 spiro atoms. The molecule has 1 saturated carbocycles. The molecule has 2 aliphatic carbocycles. The van der Waals surface area contributed by atoms with Gasteiger partial charge in [-0.05, 0) is 59.7 Å². The van der Waals surface area contributed by atoms with Gasteiger partial charge in [-0.2, -0.15) is 19.0 Å². The molecule has 3 atom stereocenters. The summed E-state index contributed by atoms with van der Waals surface area (Å²) in [7, 11) is 0. The van der Waals surface area contributed by atoms with Crippen LogP contribution in [0.25, 0.3) is 22.2 Å². The third-order valence-corrected chi connectivity index (χ3v) is 9.05. The van der Waals surface area contributed by atoms with Gasteiger partial charge in [-0.1, -0.05) is 12.1 Å². The fourth-order valence-electron chi connectivity index (χ4n) is 6.90. The van der Waals surface area contributed by atoms with Gasteiger partial charge in [-0.25, -0.2) is 22.5 Å². The largest absolute Gasteiger partial charge is 0.348 e. The molecule has 0 bridgehead atoms. The highest BCUT2D eigenvalue weighted by atomic mass is 19.3. The minimum Gasteiger partial charge on any atom is -0.348 e. The van der Waals surface area contributed by atoms with E-state index in [1.807, 2.05) is 0 Å². The number of aromatic nitrogens is 5. The van der Waals surface area contributed by atoms with E-state index in [9.17, 15) is 27.2 Å². The van der Waals surface area contributed by atoms with E-state index in [-0.39, 0.29) is 35.6 Å². The van der Waals surface area contributed by atoms with Crippen LogP contribution in [-0.4, -0.2) is 36.8 Å². The van der Waals surface area contributed by atoms with Gasteiger partial charge in [0.15, 0.2) is 0 Å². The van der Waals surface area contributed by atoms with Crippen LogP contribution in [-0.2, 0) is 30.2 Å². The number of hydrogen-bond acceptors (Lipinski definition) is 5. The predicted molar refractivity (Wildman–Crippen MR) is 153 cm³/mol. The number of carbonyl (C=O) groups is 2. The molecule has 2 aromatic carbocycles. The molecule has 2 amide bonds. The molecule has 47 heavy (non-hydrogen) atoms. The van der Waals surface area contributed by atoms with Crippen molar-refractivity contribution in [2.75, 3.05) is 0 Å². The number of hydrogen-bond donors (Lipinski definition) is 3. The van der Waals surface area contributed by atoms with Crippen molar-refractivity contribution in [2.45, 2.75) is 50.2 Å². The number of H-pyrrole nitrogens is 1. The van der Waals surface area contributed by atoms with Gasteiger partial charge in [-0.3, -0.25) is 19.4 Å². The van der Waals surface area contributed by atoms with Gasteiger partial charge in [0, 0.05) is 35.2 Å². The fourth-order valence-corrected chi connectivity index (χ4v) is 6.90. The SMILES string of the molecule is O=C(Cn1nc(C(F)F)c2c1C(F)(F)C1C[C@H]21)NC(Cc1cc(F)cc(F)c1)c1nc2cn[nH]c2cc1-c1ccc2c(c1)C(=O)NC2. The summed E-state index contributed by atoms with van der Waals surface area (Å²) in [5.41, 5.74) is 1.81. The molecule has 9 nitrogen and oxygen atoms in total. The Morgan fingerprint density at radius 1 is 1.06 bits per heavy atom. The molecular formula is C32H23F6N7O2. The maximum atomic E-state index is 15.2. The number of pyridine rings is 1. The summed E-state index contributed by atoms with van der Waals surface area (Å²) in [5, 5.41) is 16.1. The zero-order chi connectivity index (χ0) is 32.8. The van der Waals surface area contributed by atoms with Crippen LogP contribution in [0.4, 0.5) is 26.3 Å². The van der Waals surface area contributed by atoms with Crippen molar-refractivity contribution in [3.8, 4) is 11.1 Å². The molecule has 15 heteroatoms. The molecule has 5 aromatic rings. The van der Waals surface area contributed by atoms with Gasteiger partial charge in [-0.15, -0.1) is 0 Å². The topological polar surface area (TPSA) is 118 Å². The van der Waals surface area contributed by atoms with Gasteiger partial charge in [0.1, 0.15) is 35.1 Å². The molecule has 4 heterocycles. The van der Waals surface area contributed by atoms with Crippen molar-refractivity contribution in [3.63, 3.8) is 0 Å². The Hall–Kier alpha value is -5.21. The summed E-state index contributed by atoms with van der Waals surface area (Å²) in [6.45, 7) is -0.464. The minimum absolute atomic E-state index is 0.0686. The van der Waals surface area contributed by atoms with Crippen LogP contribution in [0.2, 0.25) is 0 Å². The van der Waals surface area contributed by atoms with Crippen LogP contribution >= 0.6 is 0 Å². The van der Waals surface area contributed by atoms with E-state index >= 15 is 8.78 Å². The number of nitrogens with one attached hydrogen (secondary N) is 3. The van der Waals surface area contributed by atoms with Crippen LogP contribution in [0.3, 0.4) is 0 Å². The minimum atomic E-state index is -3.43. The van der Waals surface area contributed by atoms with Crippen molar-refractivity contribution >= 4 is 22.8 Å². The van der Waals surface area contributed by atoms with Crippen molar-refractivity contribution in [1.29, 1.82) is 0 Å². The summed E-state index contributed by atoms with van der Waals surface area (Å²) in [4.78, 5) is 30.8. The summed E-state index contributed by atoms with van der Waals surface area (Å²) in [5.74, 6) is -8.15. The molecular weight excluding hydrogens is 628 g/mol. The second kappa shape index (κ2) is 10.4. The van der Waals surface area contributed by atoms with E-state index in [0.29, 0.717) is 45.0 Å². The van der Waals surface area contributed by atoms with E-state index in [4.69, 9.17) is 4.98 Å². The van der Waals surface area contributed by atoms with Crippen molar-refractivity contribution in [3.05, 3.63) is 99.6 Å². The Bertz CT molecular complexity index is 2110. The van der Waals surface area contributed by atoms with Crippen molar-refractivity contribution in [2.24, 2.45) is 5.92 Å². The Kier molecular flexibility index (Phi) is 6.47. The highest BCUT2D eigenvalue weighted by Gasteiger charge is 2.67. The van der Waals surface area contributed by atoms with Gasteiger partial charge < -0.3 is 10.6 Å². The second-order valence-corrected chi connectivity index (χ2v) is 12.1. The molecule has 8 rings (SSSR count). The number of fused-ring (bicyclic) bond motifs is 5. The highest BCUT2D eigenvalue weighted by molar-refractivity contribution is 5.99. The van der Waals surface area contributed by atoms with E-state index in [1.54, 1.807) is 24.3 Å². The lowest BCUT2D eigenvalue weighted by molar-refractivity contribution is -0.123. The quantitative estimate of drug-likeness (QED) is 0.189. The van der Waals surface area contributed by atoms with E-state index in [1.165, 1.54) is 6.20 Å². The maximum absolute atomic E-state index is 15.2. The standard InChI is InChI=1S/C32H23F6N7O2/c33-16-3-13(4-17(34)7-16)5-23(41-25(46)12-45-29-26(28(44-45)30(35)36)20-8-21(20)32(29,37)38)27-18(9-22-24(42-27)11-40-43-22)14-1-2-15-10-39-31(47)19(15)6-14/h1-4,6-7,9,11,20-21,23,30H,5,8,10,12H2,(H,39,47)(H,40,43)(H,41,46)/t20-,21?,23?/m0/s1. The third kappa shape index (κ3) is 4.82. The van der Waals surface area contributed by atoms with E-state index in [2.05, 4.69) is 25.9 Å². The molecule has 2 unspecified atom stereocenters. The van der Waals surface area contributed by atoms with Crippen molar-refractivity contribution in [1.82, 2.24) is 35.6 Å². The lowest BCUT2D eigenvalue weighted by Gasteiger charge is -2.23. The molecule has 3 N–H and O–H groups in total. The third-order valence-electron chi connectivity index (χ3n) is 9.05. The summed E-state index contributed by atoms with van der Waals surface area (Å²) >= 11 is 0. The van der Waals surface area contributed by atoms with Crippen LogP contribution in [0.5, 0.6) is 0 Å². The fraction of sp³-hybridized carbons (Fsp3) is 0.281. The Morgan fingerprint density at radius 2 is 1.85 bits per heavy atom. The normalized spacial score (nSPS) is 19.4. The van der Waals surface area contributed by atoms with Gasteiger partial charge in [0.2, 0.25) is 5.91 Å². The number of amides is 2. The Labute approximate surface area is 261 Å². The number of aromatic amines is 1.